The molecule has 0 aromatic heterocycles. The minimum absolute atomic E-state index is 0.0586. The first-order chi connectivity index (χ1) is 17.6. The van der Waals surface area contributed by atoms with E-state index in [1.807, 2.05) is 36.4 Å². The van der Waals surface area contributed by atoms with Crippen LogP contribution in [0.25, 0.3) is 0 Å². The van der Waals surface area contributed by atoms with Gasteiger partial charge >= 0.3 is 0 Å². The molecule has 3 aromatic carbocycles. The highest BCUT2D eigenvalue weighted by atomic mass is 16.5. The van der Waals surface area contributed by atoms with E-state index in [2.05, 4.69) is 59.2 Å². The molecular formula is C30H34N4O2. The monoisotopic (exact) mass is 482 g/mol. The van der Waals surface area contributed by atoms with E-state index in [4.69, 9.17) is 9.84 Å². The van der Waals surface area contributed by atoms with Crippen molar-refractivity contribution in [3.8, 4) is 5.75 Å². The Balaban J connectivity index is 1.28. The molecule has 0 unspecified atom stereocenters. The number of rotatable bonds is 7. The van der Waals surface area contributed by atoms with Crippen LogP contribution in [0.15, 0.2) is 84.0 Å². The van der Waals surface area contributed by atoms with Crippen LogP contribution in [0, 0.1) is 6.92 Å². The van der Waals surface area contributed by atoms with Gasteiger partial charge in [0, 0.05) is 39.1 Å². The summed E-state index contributed by atoms with van der Waals surface area (Å²) < 4.78 is 5.31. The average Bonchev–Trinajstić information content (AvgIpc) is 3.36. The lowest BCUT2D eigenvalue weighted by Crippen LogP contribution is -2.49. The lowest BCUT2D eigenvalue weighted by molar-refractivity contribution is -0.134. The Morgan fingerprint density at radius 1 is 0.889 bits per heavy atom. The summed E-state index contributed by atoms with van der Waals surface area (Å²) in [5.74, 6) is 0.871. The Kier molecular flexibility index (Phi) is 7.44. The van der Waals surface area contributed by atoms with Crippen LogP contribution in [-0.2, 0) is 11.3 Å². The molecule has 1 saturated heterocycles. The van der Waals surface area contributed by atoms with Crippen molar-refractivity contribution >= 4 is 11.6 Å². The van der Waals surface area contributed by atoms with Crippen LogP contribution in [0.2, 0.25) is 0 Å². The third kappa shape index (κ3) is 5.50. The van der Waals surface area contributed by atoms with Crippen LogP contribution in [0.4, 0.5) is 0 Å². The number of methoxy groups -OCH3 is 1. The molecule has 0 N–H and O–H groups in total. The molecule has 1 fully saturated rings. The summed E-state index contributed by atoms with van der Waals surface area (Å²) in [5, 5.41) is 6.61. The molecule has 0 aliphatic carbocycles. The number of carbonyl (C=O) groups excluding carboxylic acids is 1. The zero-order valence-electron chi connectivity index (χ0n) is 21.1. The first kappa shape index (κ1) is 24.2. The van der Waals surface area contributed by atoms with Crippen molar-refractivity contribution in [2.75, 3.05) is 39.8 Å². The number of hydrogen-bond acceptors (Lipinski definition) is 5. The molecule has 2 aliphatic heterocycles. The summed E-state index contributed by atoms with van der Waals surface area (Å²) in [5.41, 5.74) is 5.64. The maximum absolute atomic E-state index is 13.6. The summed E-state index contributed by atoms with van der Waals surface area (Å²) in [6.07, 6.45) is 0.702. The van der Waals surface area contributed by atoms with E-state index in [-0.39, 0.29) is 11.9 Å². The molecule has 0 saturated carbocycles. The number of hydrogen-bond donors (Lipinski definition) is 0. The Hall–Kier alpha value is -3.48. The number of aryl methyl sites for hydroxylation is 1. The molecule has 1 amide bonds. The first-order valence-corrected chi connectivity index (χ1v) is 12.7. The molecular weight excluding hydrogens is 448 g/mol. The van der Waals surface area contributed by atoms with E-state index in [9.17, 15) is 4.79 Å². The second-order valence-electron chi connectivity index (χ2n) is 9.63. The molecule has 2 aliphatic rings. The molecule has 6 heteroatoms. The third-order valence-electron chi connectivity index (χ3n) is 7.21. The summed E-state index contributed by atoms with van der Waals surface area (Å²) in [6, 6.07) is 26.7. The van der Waals surface area contributed by atoms with Crippen molar-refractivity contribution < 1.29 is 9.53 Å². The van der Waals surface area contributed by atoms with Crippen molar-refractivity contribution in [1.82, 2.24) is 14.8 Å². The van der Waals surface area contributed by atoms with E-state index in [0.29, 0.717) is 13.0 Å². The van der Waals surface area contributed by atoms with Crippen LogP contribution in [0.1, 0.15) is 34.7 Å². The second kappa shape index (κ2) is 11.1. The molecule has 186 valence electrons. The Morgan fingerprint density at radius 2 is 1.56 bits per heavy atom. The molecule has 1 atom stereocenters. The topological polar surface area (TPSA) is 48.4 Å². The number of amides is 1. The number of carbonyl (C=O) groups is 1. The van der Waals surface area contributed by atoms with Crippen LogP contribution >= 0.6 is 0 Å². The van der Waals surface area contributed by atoms with E-state index in [1.165, 1.54) is 11.1 Å². The highest BCUT2D eigenvalue weighted by Crippen LogP contribution is 2.34. The summed E-state index contributed by atoms with van der Waals surface area (Å²) in [6.45, 7) is 7.15. The lowest BCUT2D eigenvalue weighted by Gasteiger charge is -2.35. The van der Waals surface area contributed by atoms with Crippen LogP contribution < -0.4 is 4.74 Å². The predicted molar refractivity (Wildman–Crippen MR) is 143 cm³/mol. The maximum Gasteiger partial charge on any atom is 0.257 e. The van der Waals surface area contributed by atoms with Crippen LogP contribution in [0.3, 0.4) is 0 Å². The van der Waals surface area contributed by atoms with Gasteiger partial charge in [-0.3, -0.25) is 14.6 Å². The van der Waals surface area contributed by atoms with Gasteiger partial charge in [0.05, 0.1) is 25.4 Å². The summed E-state index contributed by atoms with van der Waals surface area (Å²) in [4.78, 5) is 18.3. The van der Waals surface area contributed by atoms with Crippen molar-refractivity contribution in [3.05, 3.63) is 101 Å². The summed E-state index contributed by atoms with van der Waals surface area (Å²) >= 11 is 0. The molecule has 0 radical (unpaired) electrons. The van der Waals surface area contributed by atoms with Crippen LogP contribution in [0.5, 0.6) is 5.75 Å². The third-order valence-corrected chi connectivity index (χ3v) is 7.21. The SMILES string of the molecule is COc1ccc(C2=NN(C(=O)CN3CCN(Cc4ccccc4)CC3)[C@H](c3ccccc3C)C2)cc1. The smallest absolute Gasteiger partial charge is 0.257 e. The first-order valence-electron chi connectivity index (χ1n) is 12.7. The standard InChI is InChI=1S/C30H34N4O2/c1-23-8-6-7-11-27(23)29-20-28(25-12-14-26(36-2)15-13-25)31-34(29)30(35)22-33-18-16-32(17-19-33)21-24-9-4-3-5-10-24/h3-15,29H,16-22H2,1-2H3/t29-/m0/s1. The van der Waals surface area contributed by atoms with Crippen molar-refractivity contribution in [2.45, 2.75) is 25.9 Å². The zero-order chi connectivity index (χ0) is 24.9. The molecule has 2 heterocycles. The largest absolute Gasteiger partial charge is 0.497 e. The van der Waals surface area contributed by atoms with E-state index in [1.54, 1.807) is 12.1 Å². The van der Waals surface area contributed by atoms with Crippen molar-refractivity contribution in [3.63, 3.8) is 0 Å². The Bertz CT molecular complexity index is 1200. The van der Waals surface area contributed by atoms with E-state index >= 15 is 0 Å². The van der Waals surface area contributed by atoms with Gasteiger partial charge in [-0.2, -0.15) is 5.10 Å². The van der Waals surface area contributed by atoms with Crippen LogP contribution in [-0.4, -0.2) is 66.3 Å². The molecule has 0 spiro atoms. The van der Waals surface area contributed by atoms with Crippen molar-refractivity contribution in [2.24, 2.45) is 5.10 Å². The van der Waals surface area contributed by atoms with Gasteiger partial charge < -0.3 is 4.74 Å². The van der Waals surface area contributed by atoms with Gasteiger partial charge in [-0.25, -0.2) is 5.01 Å². The van der Waals surface area contributed by atoms with Crippen molar-refractivity contribution in [1.29, 1.82) is 0 Å². The van der Waals surface area contributed by atoms with E-state index < -0.39 is 0 Å². The number of ether oxygens (including phenoxy) is 1. The summed E-state index contributed by atoms with van der Waals surface area (Å²) in [7, 11) is 1.66. The predicted octanol–water partition coefficient (Wildman–Crippen LogP) is 4.50. The van der Waals surface area contributed by atoms with Gasteiger partial charge in [-0.1, -0.05) is 54.6 Å². The zero-order valence-corrected chi connectivity index (χ0v) is 21.1. The normalized spacial score (nSPS) is 18.8. The second-order valence-corrected chi connectivity index (χ2v) is 9.63. The Labute approximate surface area is 213 Å². The molecule has 36 heavy (non-hydrogen) atoms. The van der Waals surface area contributed by atoms with Gasteiger partial charge in [0.15, 0.2) is 0 Å². The molecule has 6 nitrogen and oxygen atoms in total. The maximum atomic E-state index is 13.6. The minimum Gasteiger partial charge on any atom is -0.497 e. The molecule has 5 rings (SSSR count). The highest BCUT2D eigenvalue weighted by molar-refractivity contribution is 6.03. The number of nitrogens with zero attached hydrogens (tertiary/aromatic N) is 4. The molecule has 3 aromatic rings. The van der Waals surface area contributed by atoms with E-state index in [0.717, 1.165) is 55.3 Å². The minimum atomic E-state index is -0.0878. The molecule has 0 bridgehead atoms. The number of piperazine rings is 1. The van der Waals surface area contributed by atoms with Gasteiger partial charge in [0.25, 0.3) is 5.91 Å². The fourth-order valence-electron chi connectivity index (χ4n) is 5.11. The quantitative estimate of drug-likeness (QED) is 0.498. The lowest BCUT2D eigenvalue weighted by atomic mass is 9.95. The average molecular weight is 483 g/mol. The Morgan fingerprint density at radius 3 is 2.25 bits per heavy atom. The number of hydrazone groups is 1. The van der Waals surface area contributed by atoms with Gasteiger partial charge in [0.1, 0.15) is 5.75 Å². The highest BCUT2D eigenvalue weighted by Gasteiger charge is 2.34. The van der Waals surface area contributed by atoms with Gasteiger partial charge in [-0.05, 0) is 53.4 Å². The fourth-order valence-corrected chi connectivity index (χ4v) is 5.11. The fraction of sp³-hybridized carbons (Fsp3) is 0.333. The van der Waals surface area contributed by atoms with Gasteiger partial charge in [-0.15, -0.1) is 0 Å². The number of benzene rings is 3. The van der Waals surface area contributed by atoms with Gasteiger partial charge in [0.2, 0.25) is 0 Å².